The first-order valence-electron chi connectivity index (χ1n) is 11.3. The van der Waals surface area contributed by atoms with E-state index >= 15 is 0 Å². The Morgan fingerprint density at radius 2 is 2.03 bits per heavy atom. The van der Waals surface area contributed by atoms with Crippen LogP contribution in [0.4, 0.5) is 0 Å². The number of benzene rings is 1. The summed E-state index contributed by atoms with van der Waals surface area (Å²) in [7, 11) is 0. The molecule has 1 aromatic carbocycles. The molecule has 5 rings (SSSR count). The average Bonchev–Trinajstić information content (AvgIpc) is 3.14. The molecule has 0 bridgehead atoms. The van der Waals surface area contributed by atoms with Gasteiger partial charge in [-0.15, -0.1) is 0 Å². The van der Waals surface area contributed by atoms with Crippen molar-refractivity contribution >= 4 is 17.6 Å². The summed E-state index contributed by atoms with van der Waals surface area (Å²) in [6.07, 6.45) is 6.46. The molecule has 7 heteroatoms. The lowest BCUT2D eigenvalue weighted by atomic mass is 9.67. The molecule has 170 valence electrons. The van der Waals surface area contributed by atoms with Gasteiger partial charge in [0, 0.05) is 29.4 Å². The van der Waals surface area contributed by atoms with Crippen LogP contribution in [0.1, 0.15) is 45.6 Å². The number of ether oxygens (including phenoxy) is 3. The number of amidine groups is 1. The molecule has 0 saturated heterocycles. The number of aliphatic imine (C=N–C) groups is 1. The van der Waals surface area contributed by atoms with Crippen molar-refractivity contribution in [2.75, 3.05) is 13.2 Å². The summed E-state index contributed by atoms with van der Waals surface area (Å²) in [5.74, 6) is 0.976. The van der Waals surface area contributed by atoms with E-state index in [1.54, 1.807) is 6.20 Å². The third-order valence-electron chi connectivity index (χ3n) is 6.62. The van der Waals surface area contributed by atoms with Crippen molar-refractivity contribution in [3.63, 3.8) is 0 Å². The Kier molecular flexibility index (Phi) is 5.33. The van der Waals surface area contributed by atoms with Crippen LogP contribution in [0.3, 0.4) is 0 Å². The van der Waals surface area contributed by atoms with E-state index < -0.39 is 5.54 Å². The summed E-state index contributed by atoms with van der Waals surface area (Å²) in [5, 5.41) is 0.601. The zero-order valence-electron chi connectivity index (χ0n) is 18.8. The Balaban J connectivity index is 1.52. The summed E-state index contributed by atoms with van der Waals surface area (Å²) in [5.41, 5.74) is 8.59. The highest BCUT2D eigenvalue weighted by atomic mass is 35.5. The van der Waals surface area contributed by atoms with Crippen LogP contribution in [0.2, 0.25) is 5.02 Å². The van der Waals surface area contributed by atoms with Gasteiger partial charge in [-0.2, -0.15) is 0 Å². The van der Waals surface area contributed by atoms with Crippen molar-refractivity contribution in [1.82, 2.24) is 4.98 Å². The second-order valence-corrected chi connectivity index (χ2v) is 10.8. The standard InChI is InChI=1S/C25H30ClN3O3/c1-24(2,3)13-30-18-5-7-22-20(10-18)25(14-31-23(27)29-25)19-9-15(4-6-21(19)32-22)16-8-17(26)12-28-11-16/h4,6,8-9,11-12,18,20,22H,5,7,10,13-14H2,1-3H3,(H2,27,29)/t18-,20-,22-,25+/m0/s1. The first kappa shape index (κ1) is 21.5. The lowest BCUT2D eigenvalue weighted by molar-refractivity contribution is -0.0757. The SMILES string of the molecule is CC(C)(C)CO[C@H]1CC[C@@H]2Oc3ccc(-c4cncc(Cl)c4)cc3[C@]3(COC(N)=N3)[C@H]2C1. The molecule has 1 saturated carbocycles. The molecule has 4 atom stereocenters. The van der Waals surface area contributed by atoms with E-state index in [-0.39, 0.29) is 29.6 Å². The predicted molar refractivity (Wildman–Crippen MR) is 125 cm³/mol. The van der Waals surface area contributed by atoms with E-state index in [0.717, 1.165) is 48.3 Å². The fourth-order valence-corrected chi connectivity index (χ4v) is 5.30. The molecule has 1 fully saturated rings. The third kappa shape index (κ3) is 3.95. The van der Waals surface area contributed by atoms with Gasteiger partial charge in [-0.1, -0.05) is 38.4 Å². The fourth-order valence-electron chi connectivity index (χ4n) is 5.12. The molecule has 3 heterocycles. The van der Waals surface area contributed by atoms with Crippen LogP contribution in [0.15, 0.2) is 41.7 Å². The van der Waals surface area contributed by atoms with Crippen molar-refractivity contribution < 1.29 is 14.2 Å². The number of fused-ring (bicyclic) bond motifs is 4. The number of nitrogens with two attached hydrogens (primary N) is 1. The van der Waals surface area contributed by atoms with Crippen LogP contribution in [0.25, 0.3) is 11.1 Å². The Labute approximate surface area is 194 Å². The molecule has 2 N–H and O–H groups in total. The number of pyridine rings is 1. The van der Waals surface area contributed by atoms with Crippen molar-refractivity contribution in [3.05, 3.63) is 47.2 Å². The molecule has 2 aromatic rings. The van der Waals surface area contributed by atoms with E-state index in [2.05, 4.69) is 31.8 Å². The van der Waals surface area contributed by atoms with Gasteiger partial charge in [0.2, 0.25) is 0 Å². The van der Waals surface area contributed by atoms with Crippen molar-refractivity contribution in [3.8, 4) is 16.9 Å². The summed E-state index contributed by atoms with van der Waals surface area (Å²) in [6, 6.07) is 8.35. The second-order valence-electron chi connectivity index (χ2n) is 10.3. The molecular weight excluding hydrogens is 426 g/mol. The summed E-state index contributed by atoms with van der Waals surface area (Å²) in [6.45, 7) is 7.74. The van der Waals surface area contributed by atoms with E-state index in [1.807, 2.05) is 24.4 Å². The van der Waals surface area contributed by atoms with Crippen LogP contribution < -0.4 is 10.5 Å². The van der Waals surface area contributed by atoms with Gasteiger partial charge in [0.1, 0.15) is 24.0 Å². The summed E-state index contributed by atoms with van der Waals surface area (Å²) in [4.78, 5) is 9.13. The van der Waals surface area contributed by atoms with Crippen LogP contribution in [0.5, 0.6) is 5.75 Å². The number of hydrogen-bond acceptors (Lipinski definition) is 6. The van der Waals surface area contributed by atoms with Gasteiger partial charge >= 0.3 is 0 Å². The second kappa shape index (κ2) is 7.92. The molecule has 3 aliphatic rings. The molecule has 0 radical (unpaired) electrons. The maximum Gasteiger partial charge on any atom is 0.283 e. The first-order chi connectivity index (χ1) is 15.2. The largest absolute Gasteiger partial charge is 0.490 e. The number of hydrogen-bond donors (Lipinski definition) is 1. The smallest absolute Gasteiger partial charge is 0.283 e. The van der Waals surface area contributed by atoms with Gasteiger partial charge in [0.05, 0.1) is 17.7 Å². The first-order valence-corrected chi connectivity index (χ1v) is 11.6. The highest BCUT2D eigenvalue weighted by Gasteiger charge is 2.55. The highest BCUT2D eigenvalue weighted by molar-refractivity contribution is 6.30. The number of rotatable bonds is 3. The zero-order valence-corrected chi connectivity index (χ0v) is 19.6. The van der Waals surface area contributed by atoms with Crippen LogP contribution >= 0.6 is 11.6 Å². The third-order valence-corrected chi connectivity index (χ3v) is 6.82. The number of aromatic nitrogens is 1. The molecule has 1 spiro atoms. The molecular formula is C25H30ClN3O3. The maximum absolute atomic E-state index is 6.50. The van der Waals surface area contributed by atoms with Crippen LogP contribution in [-0.2, 0) is 15.0 Å². The van der Waals surface area contributed by atoms with Crippen LogP contribution in [-0.4, -0.2) is 36.4 Å². The van der Waals surface area contributed by atoms with E-state index in [9.17, 15) is 0 Å². The van der Waals surface area contributed by atoms with Crippen molar-refractivity contribution in [2.24, 2.45) is 22.1 Å². The summed E-state index contributed by atoms with van der Waals surface area (Å²) < 4.78 is 18.6. The lowest BCUT2D eigenvalue weighted by Crippen LogP contribution is -2.52. The molecule has 32 heavy (non-hydrogen) atoms. The number of halogens is 1. The quantitative estimate of drug-likeness (QED) is 0.709. The molecule has 0 unspecified atom stereocenters. The normalized spacial score (nSPS) is 29.0. The topological polar surface area (TPSA) is 79.0 Å². The van der Waals surface area contributed by atoms with E-state index in [4.69, 9.17) is 36.5 Å². The average molecular weight is 456 g/mol. The molecule has 1 aromatic heterocycles. The van der Waals surface area contributed by atoms with Gasteiger partial charge in [-0.3, -0.25) is 4.98 Å². The minimum Gasteiger partial charge on any atom is -0.490 e. The van der Waals surface area contributed by atoms with Gasteiger partial charge in [-0.25, -0.2) is 4.99 Å². The lowest BCUT2D eigenvalue weighted by Gasteiger charge is -2.48. The molecule has 6 nitrogen and oxygen atoms in total. The zero-order chi connectivity index (χ0) is 22.5. The Morgan fingerprint density at radius 1 is 1.19 bits per heavy atom. The Hall–Kier alpha value is -2.31. The maximum atomic E-state index is 6.50. The van der Waals surface area contributed by atoms with Gasteiger partial charge < -0.3 is 19.9 Å². The van der Waals surface area contributed by atoms with Crippen molar-refractivity contribution in [1.29, 1.82) is 0 Å². The molecule has 2 aliphatic heterocycles. The van der Waals surface area contributed by atoms with Gasteiger partial charge in [-0.05, 0) is 48.4 Å². The Bertz CT molecular complexity index is 1050. The van der Waals surface area contributed by atoms with Crippen LogP contribution in [0, 0.1) is 11.3 Å². The number of nitrogens with zero attached hydrogens (tertiary/aromatic N) is 2. The minimum absolute atomic E-state index is 0.0638. The van der Waals surface area contributed by atoms with Crippen molar-refractivity contribution in [2.45, 2.75) is 57.8 Å². The molecule has 1 aliphatic carbocycles. The van der Waals surface area contributed by atoms with E-state index in [0.29, 0.717) is 11.6 Å². The minimum atomic E-state index is -0.575. The van der Waals surface area contributed by atoms with Gasteiger partial charge in [0.15, 0.2) is 0 Å². The summed E-state index contributed by atoms with van der Waals surface area (Å²) >= 11 is 6.19. The monoisotopic (exact) mass is 455 g/mol. The van der Waals surface area contributed by atoms with E-state index in [1.165, 1.54) is 0 Å². The fraction of sp³-hybridized carbons (Fsp3) is 0.520. The highest BCUT2D eigenvalue weighted by Crippen LogP contribution is 2.53. The molecule has 0 amide bonds. The Morgan fingerprint density at radius 3 is 2.75 bits per heavy atom. The predicted octanol–water partition coefficient (Wildman–Crippen LogP) is 4.93. The van der Waals surface area contributed by atoms with Gasteiger partial charge in [0.25, 0.3) is 6.02 Å².